The number of carbonyl (C=O) groups excluding carboxylic acids is 1. The molecule has 2 heterocycles. The molecule has 3 rings (SSSR count). The van der Waals surface area contributed by atoms with Crippen molar-refractivity contribution >= 4 is 16.9 Å². The summed E-state index contributed by atoms with van der Waals surface area (Å²) in [5.41, 5.74) is 2.10. The molecule has 6 nitrogen and oxygen atoms in total. The second-order valence-corrected chi connectivity index (χ2v) is 4.70. The summed E-state index contributed by atoms with van der Waals surface area (Å²) in [6.07, 6.45) is 3.25. The average Bonchev–Trinajstić information content (AvgIpc) is 2.53. The zero-order valence-electron chi connectivity index (χ0n) is 11.0. The van der Waals surface area contributed by atoms with Crippen molar-refractivity contribution in [2.75, 3.05) is 26.3 Å². The van der Waals surface area contributed by atoms with E-state index < -0.39 is 0 Å². The third-order valence-corrected chi connectivity index (χ3v) is 3.24. The molecule has 1 fully saturated rings. The Morgan fingerprint density at radius 3 is 3.00 bits per heavy atom. The summed E-state index contributed by atoms with van der Waals surface area (Å²) in [6.45, 7) is 2.74. The Hall–Kier alpha value is -2.05. The van der Waals surface area contributed by atoms with Gasteiger partial charge in [-0.15, -0.1) is 0 Å². The van der Waals surface area contributed by atoms with Gasteiger partial charge in [-0.05, 0) is 18.2 Å². The highest BCUT2D eigenvalue weighted by atomic mass is 16.5. The van der Waals surface area contributed by atoms with Crippen molar-refractivity contribution in [2.24, 2.45) is 0 Å². The van der Waals surface area contributed by atoms with Gasteiger partial charge in [0.1, 0.15) is 0 Å². The van der Waals surface area contributed by atoms with Crippen LogP contribution in [0.4, 0.5) is 0 Å². The molecule has 0 radical (unpaired) electrons. The van der Waals surface area contributed by atoms with Gasteiger partial charge in [0.05, 0.1) is 24.2 Å². The highest BCUT2D eigenvalue weighted by molar-refractivity contribution is 5.97. The predicted octanol–water partition coefficient (Wildman–Crippen LogP) is 0.348. The molecule has 0 aliphatic carbocycles. The maximum Gasteiger partial charge on any atom is 0.251 e. The first-order valence-electron chi connectivity index (χ1n) is 6.63. The first kappa shape index (κ1) is 13.0. The van der Waals surface area contributed by atoms with Crippen molar-refractivity contribution < 1.29 is 9.53 Å². The Labute approximate surface area is 116 Å². The van der Waals surface area contributed by atoms with Crippen LogP contribution in [-0.2, 0) is 4.74 Å². The van der Waals surface area contributed by atoms with E-state index in [1.165, 1.54) is 0 Å². The second-order valence-electron chi connectivity index (χ2n) is 4.70. The van der Waals surface area contributed by atoms with E-state index in [4.69, 9.17) is 4.74 Å². The highest BCUT2D eigenvalue weighted by Gasteiger charge is 2.14. The van der Waals surface area contributed by atoms with E-state index in [0.29, 0.717) is 18.7 Å². The minimum Gasteiger partial charge on any atom is -0.378 e. The van der Waals surface area contributed by atoms with Crippen LogP contribution in [-0.4, -0.2) is 48.2 Å². The Morgan fingerprint density at radius 2 is 2.20 bits per heavy atom. The Morgan fingerprint density at radius 1 is 1.35 bits per heavy atom. The van der Waals surface area contributed by atoms with Gasteiger partial charge in [0.25, 0.3) is 5.91 Å². The first-order valence-corrected chi connectivity index (χ1v) is 6.63. The van der Waals surface area contributed by atoms with E-state index in [9.17, 15) is 4.79 Å². The molecular weight excluding hydrogens is 256 g/mol. The summed E-state index contributed by atoms with van der Waals surface area (Å²) in [4.78, 5) is 20.5. The number of nitrogens with one attached hydrogen (secondary N) is 2. The van der Waals surface area contributed by atoms with Crippen molar-refractivity contribution in [3.8, 4) is 0 Å². The summed E-state index contributed by atoms with van der Waals surface area (Å²) in [5, 5.41) is 6.20. The molecule has 0 saturated carbocycles. The van der Waals surface area contributed by atoms with E-state index in [2.05, 4.69) is 20.6 Å². The third kappa shape index (κ3) is 2.92. The largest absolute Gasteiger partial charge is 0.378 e. The maximum atomic E-state index is 12.1. The van der Waals surface area contributed by atoms with Crippen molar-refractivity contribution in [1.82, 2.24) is 20.6 Å². The molecular formula is C14H16N4O2. The van der Waals surface area contributed by atoms with Gasteiger partial charge in [0.2, 0.25) is 0 Å². The molecule has 1 aliphatic heterocycles. The third-order valence-electron chi connectivity index (χ3n) is 3.24. The molecule has 1 saturated heterocycles. The van der Waals surface area contributed by atoms with Crippen LogP contribution in [0, 0.1) is 0 Å². The number of benzene rings is 1. The molecule has 104 valence electrons. The number of hydrogen-bond acceptors (Lipinski definition) is 5. The molecule has 1 aromatic heterocycles. The van der Waals surface area contributed by atoms with Crippen LogP contribution in [0.2, 0.25) is 0 Å². The molecule has 6 heteroatoms. The summed E-state index contributed by atoms with van der Waals surface area (Å²) in [7, 11) is 0. The van der Waals surface area contributed by atoms with Crippen LogP contribution in [0.3, 0.4) is 0 Å². The van der Waals surface area contributed by atoms with Crippen LogP contribution in [0.25, 0.3) is 11.0 Å². The number of carbonyl (C=O) groups is 1. The van der Waals surface area contributed by atoms with Gasteiger partial charge >= 0.3 is 0 Å². The Balaban J connectivity index is 1.65. The number of amides is 1. The highest BCUT2D eigenvalue weighted by Crippen LogP contribution is 2.10. The smallest absolute Gasteiger partial charge is 0.251 e. The van der Waals surface area contributed by atoms with Gasteiger partial charge in [0, 0.05) is 37.1 Å². The van der Waals surface area contributed by atoms with E-state index in [1.807, 2.05) is 0 Å². The van der Waals surface area contributed by atoms with Crippen molar-refractivity contribution in [3.63, 3.8) is 0 Å². The quantitative estimate of drug-likeness (QED) is 0.843. The van der Waals surface area contributed by atoms with Crippen molar-refractivity contribution in [2.45, 2.75) is 6.04 Å². The van der Waals surface area contributed by atoms with Crippen molar-refractivity contribution in [1.29, 1.82) is 0 Å². The minimum absolute atomic E-state index is 0.107. The second kappa shape index (κ2) is 5.94. The minimum atomic E-state index is -0.107. The molecule has 2 aromatic rings. The average molecular weight is 272 g/mol. The molecule has 1 unspecified atom stereocenters. The fourth-order valence-electron chi connectivity index (χ4n) is 2.17. The van der Waals surface area contributed by atoms with E-state index in [1.54, 1.807) is 30.6 Å². The topological polar surface area (TPSA) is 76.1 Å². The monoisotopic (exact) mass is 272 g/mol. The normalized spacial score (nSPS) is 18.9. The summed E-state index contributed by atoms with van der Waals surface area (Å²) in [5.74, 6) is -0.107. The SMILES string of the molecule is O=C(NCC1COCCN1)c1ccc2nccnc2c1. The van der Waals surface area contributed by atoms with E-state index in [0.717, 1.165) is 24.2 Å². The number of nitrogens with zero attached hydrogens (tertiary/aromatic N) is 2. The Bertz CT molecular complexity index is 611. The molecule has 1 aromatic carbocycles. The van der Waals surface area contributed by atoms with E-state index in [-0.39, 0.29) is 11.9 Å². The molecule has 20 heavy (non-hydrogen) atoms. The lowest BCUT2D eigenvalue weighted by atomic mass is 10.1. The number of rotatable bonds is 3. The maximum absolute atomic E-state index is 12.1. The fraction of sp³-hybridized carbons (Fsp3) is 0.357. The zero-order valence-corrected chi connectivity index (χ0v) is 11.0. The standard InChI is InChI=1S/C14H16N4O2/c19-14(18-8-11-9-20-6-5-15-11)10-1-2-12-13(7-10)17-4-3-16-12/h1-4,7,11,15H,5-6,8-9H2,(H,18,19). The lowest BCUT2D eigenvalue weighted by molar-refractivity contribution is 0.0735. The number of morpholine rings is 1. The van der Waals surface area contributed by atoms with Gasteiger partial charge in [-0.1, -0.05) is 0 Å². The van der Waals surface area contributed by atoms with Crippen LogP contribution >= 0.6 is 0 Å². The fourth-order valence-corrected chi connectivity index (χ4v) is 2.17. The number of fused-ring (bicyclic) bond motifs is 1. The van der Waals surface area contributed by atoms with Crippen LogP contribution in [0.5, 0.6) is 0 Å². The number of ether oxygens (including phenoxy) is 1. The molecule has 0 spiro atoms. The van der Waals surface area contributed by atoms with Gasteiger partial charge in [-0.2, -0.15) is 0 Å². The van der Waals surface area contributed by atoms with Gasteiger partial charge in [0.15, 0.2) is 0 Å². The Kier molecular flexibility index (Phi) is 3.85. The van der Waals surface area contributed by atoms with E-state index >= 15 is 0 Å². The molecule has 0 bridgehead atoms. The molecule has 1 atom stereocenters. The molecule has 1 amide bonds. The number of hydrogen-bond donors (Lipinski definition) is 2. The summed E-state index contributed by atoms with van der Waals surface area (Å²) in [6, 6.07) is 5.49. The van der Waals surface area contributed by atoms with Crippen LogP contribution in [0.15, 0.2) is 30.6 Å². The molecule has 1 aliphatic rings. The van der Waals surface area contributed by atoms with Crippen LogP contribution in [0.1, 0.15) is 10.4 Å². The predicted molar refractivity (Wildman–Crippen MR) is 74.5 cm³/mol. The van der Waals surface area contributed by atoms with Gasteiger partial charge in [-0.3, -0.25) is 14.8 Å². The van der Waals surface area contributed by atoms with Crippen molar-refractivity contribution in [3.05, 3.63) is 36.2 Å². The van der Waals surface area contributed by atoms with Crippen LogP contribution < -0.4 is 10.6 Å². The number of aromatic nitrogens is 2. The summed E-state index contributed by atoms with van der Waals surface area (Å²) < 4.78 is 5.35. The first-order chi connectivity index (χ1) is 9.83. The van der Waals surface area contributed by atoms with Gasteiger partial charge in [-0.25, -0.2) is 0 Å². The lowest BCUT2D eigenvalue weighted by Gasteiger charge is -2.23. The zero-order chi connectivity index (χ0) is 13.8. The lowest BCUT2D eigenvalue weighted by Crippen LogP contribution is -2.48. The molecule has 2 N–H and O–H groups in total. The van der Waals surface area contributed by atoms with Gasteiger partial charge < -0.3 is 15.4 Å². The summed E-state index contributed by atoms with van der Waals surface area (Å²) >= 11 is 0.